The molecule has 0 spiro atoms. The lowest BCUT2D eigenvalue weighted by molar-refractivity contribution is 0.0679. The molecule has 2 heterocycles. The first-order valence-electron chi connectivity index (χ1n) is 7.42. The van der Waals surface area contributed by atoms with Crippen molar-refractivity contribution in [1.29, 1.82) is 0 Å². The van der Waals surface area contributed by atoms with Crippen LogP contribution in [0.1, 0.15) is 28.9 Å². The molecule has 6 nitrogen and oxygen atoms in total. The van der Waals surface area contributed by atoms with Crippen molar-refractivity contribution in [3.63, 3.8) is 0 Å². The minimum absolute atomic E-state index is 0.125. The fraction of sp³-hybridized carbons (Fsp3) is 0.375. The Labute approximate surface area is 128 Å². The average molecular weight is 301 g/mol. The molecule has 22 heavy (non-hydrogen) atoms. The van der Waals surface area contributed by atoms with Crippen LogP contribution in [0.25, 0.3) is 0 Å². The van der Waals surface area contributed by atoms with E-state index in [0.29, 0.717) is 18.7 Å². The number of nitrogens with zero attached hydrogens (tertiary/aromatic N) is 1. The first-order chi connectivity index (χ1) is 10.8. The number of hydrogen-bond acceptors (Lipinski definition) is 4. The second kappa shape index (κ2) is 7.09. The smallest absolute Gasteiger partial charge is 0.251 e. The van der Waals surface area contributed by atoms with E-state index >= 15 is 0 Å². The Bertz CT molecular complexity index is 590. The van der Waals surface area contributed by atoms with Gasteiger partial charge in [-0.25, -0.2) is 0 Å². The number of carbonyl (C=O) groups excluding carboxylic acids is 1. The van der Waals surface area contributed by atoms with Gasteiger partial charge in [-0.05, 0) is 43.2 Å². The molecule has 0 aliphatic carbocycles. The standard InChI is InChI=1S/C16H19N3O3/c20-16(17-10-13-7-8-18-19-13)12-3-5-14(6-4-12)22-11-15-2-1-9-21-15/h3-8,15H,1-2,9-11H2,(H,17,20)(H,18,19)/t15-/m1/s1. The zero-order valence-electron chi connectivity index (χ0n) is 12.2. The summed E-state index contributed by atoms with van der Waals surface area (Å²) in [6.07, 6.45) is 4.00. The number of hydrogen-bond donors (Lipinski definition) is 2. The zero-order chi connectivity index (χ0) is 15.2. The molecule has 116 valence electrons. The van der Waals surface area contributed by atoms with E-state index < -0.39 is 0 Å². The van der Waals surface area contributed by atoms with Gasteiger partial charge >= 0.3 is 0 Å². The minimum Gasteiger partial charge on any atom is -0.491 e. The van der Waals surface area contributed by atoms with Gasteiger partial charge in [-0.2, -0.15) is 5.10 Å². The van der Waals surface area contributed by atoms with Crippen LogP contribution in [-0.2, 0) is 11.3 Å². The van der Waals surface area contributed by atoms with Crippen LogP contribution in [0.3, 0.4) is 0 Å². The Morgan fingerprint density at radius 2 is 2.23 bits per heavy atom. The number of benzene rings is 1. The van der Waals surface area contributed by atoms with Crippen molar-refractivity contribution in [2.45, 2.75) is 25.5 Å². The number of aromatic amines is 1. The van der Waals surface area contributed by atoms with Gasteiger partial charge in [0, 0.05) is 18.4 Å². The van der Waals surface area contributed by atoms with Crippen LogP contribution >= 0.6 is 0 Å². The number of carbonyl (C=O) groups is 1. The van der Waals surface area contributed by atoms with Crippen molar-refractivity contribution in [2.75, 3.05) is 13.2 Å². The van der Waals surface area contributed by atoms with Gasteiger partial charge in [-0.3, -0.25) is 9.89 Å². The quantitative estimate of drug-likeness (QED) is 0.854. The Balaban J connectivity index is 1.48. The number of aromatic nitrogens is 2. The van der Waals surface area contributed by atoms with Gasteiger partial charge in [0.2, 0.25) is 0 Å². The Kier molecular flexibility index (Phi) is 4.70. The summed E-state index contributed by atoms with van der Waals surface area (Å²) in [6, 6.07) is 8.95. The van der Waals surface area contributed by atoms with Gasteiger partial charge in [0.25, 0.3) is 5.91 Å². The summed E-state index contributed by atoms with van der Waals surface area (Å²) < 4.78 is 11.2. The Morgan fingerprint density at radius 3 is 2.91 bits per heavy atom. The van der Waals surface area contributed by atoms with Gasteiger partial charge in [0.15, 0.2) is 0 Å². The molecule has 2 N–H and O–H groups in total. The molecule has 2 aromatic rings. The van der Waals surface area contributed by atoms with Crippen LogP contribution in [0, 0.1) is 0 Å². The molecule has 3 rings (SSSR count). The van der Waals surface area contributed by atoms with Crippen molar-refractivity contribution >= 4 is 5.91 Å². The molecule has 1 atom stereocenters. The largest absolute Gasteiger partial charge is 0.491 e. The normalized spacial score (nSPS) is 17.4. The number of nitrogens with one attached hydrogen (secondary N) is 2. The van der Waals surface area contributed by atoms with Gasteiger partial charge in [0.1, 0.15) is 12.4 Å². The van der Waals surface area contributed by atoms with Crippen LogP contribution in [-0.4, -0.2) is 35.4 Å². The van der Waals surface area contributed by atoms with Crippen molar-refractivity contribution in [2.24, 2.45) is 0 Å². The van der Waals surface area contributed by atoms with Gasteiger partial charge in [0.05, 0.1) is 18.3 Å². The minimum atomic E-state index is -0.125. The molecule has 6 heteroatoms. The van der Waals surface area contributed by atoms with Crippen molar-refractivity contribution in [3.05, 3.63) is 47.8 Å². The summed E-state index contributed by atoms with van der Waals surface area (Å²) in [5.41, 5.74) is 1.47. The summed E-state index contributed by atoms with van der Waals surface area (Å²) in [5.74, 6) is 0.626. The van der Waals surface area contributed by atoms with Crippen LogP contribution in [0.5, 0.6) is 5.75 Å². The summed E-state index contributed by atoms with van der Waals surface area (Å²) >= 11 is 0. The highest BCUT2D eigenvalue weighted by molar-refractivity contribution is 5.94. The number of amides is 1. The van der Waals surface area contributed by atoms with E-state index in [-0.39, 0.29) is 12.0 Å². The second-order valence-corrected chi connectivity index (χ2v) is 5.23. The van der Waals surface area contributed by atoms with Crippen molar-refractivity contribution in [1.82, 2.24) is 15.5 Å². The van der Waals surface area contributed by atoms with E-state index in [1.54, 1.807) is 30.5 Å². The number of ether oxygens (including phenoxy) is 2. The van der Waals surface area contributed by atoms with E-state index in [1.807, 2.05) is 6.07 Å². The lowest BCUT2D eigenvalue weighted by atomic mass is 10.2. The van der Waals surface area contributed by atoms with Gasteiger partial charge in [-0.1, -0.05) is 0 Å². The molecule has 0 radical (unpaired) electrons. The maximum atomic E-state index is 12.0. The molecular weight excluding hydrogens is 282 g/mol. The molecule has 0 bridgehead atoms. The summed E-state index contributed by atoms with van der Waals surface area (Å²) in [6.45, 7) is 1.81. The predicted molar refractivity (Wildman–Crippen MR) is 80.7 cm³/mol. The van der Waals surface area contributed by atoms with Crippen LogP contribution in [0.2, 0.25) is 0 Å². The third-order valence-electron chi connectivity index (χ3n) is 3.57. The monoisotopic (exact) mass is 301 g/mol. The third-order valence-corrected chi connectivity index (χ3v) is 3.57. The van der Waals surface area contributed by atoms with E-state index in [0.717, 1.165) is 30.9 Å². The van der Waals surface area contributed by atoms with Crippen LogP contribution in [0.15, 0.2) is 36.5 Å². The average Bonchev–Trinajstić information content (AvgIpc) is 3.24. The molecular formula is C16H19N3O3. The van der Waals surface area contributed by atoms with Crippen LogP contribution in [0.4, 0.5) is 0 Å². The van der Waals surface area contributed by atoms with E-state index in [4.69, 9.17) is 9.47 Å². The van der Waals surface area contributed by atoms with Crippen molar-refractivity contribution < 1.29 is 14.3 Å². The Morgan fingerprint density at radius 1 is 1.36 bits per heavy atom. The second-order valence-electron chi connectivity index (χ2n) is 5.23. The van der Waals surface area contributed by atoms with Gasteiger partial charge < -0.3 is 14.8 Å². The fourth-order valence-corrected chi connectivity index (χ4v) is 2.33. The number of H-pyrrole nitrogens is 1. The predicted octanol–water partition coefficient (Wildman–Crippen LogP) is 1.90. The molecule has 1 saturated heterocycles. The fourth-order valence-electron chi connectivity index (χ4n) is 2.33. The zero-order valence-corrected chi connectivity index (χ0v) is 12.2. The maximum absolute atomic E-state index is 12.0. The summed E-state index contributed by atoms with van der Waals surface area (Å²) in [5, 5.41) is 9.46. The third kappa shape index (κ3) is 3.85. The van der Waals surface area contributed by atoms with E-state index in [9.17, 15) is 4.79 Å². The first kappa shape index (κ1) is 14.6. The Hall–Kier alpha value is -2.34. The van der Waals surface area contributed by atoms with Gasteiger partial charge in [-0.15, -0.1) is 0 Å². The molecule has 1 aliphatic heterocycles. The molecule has 1 amide bonds. The molecule has 1 aromatic heterocycles. The summed E-state index contributed by atoms with van der Waals surface area (Å²) in [7, 11) is 0. The number of rotatable bonds is 6. The molecule has 0 unspecified atom stereocenters. The highest BCUT2D eigenvalue weighted by Crippen LogP contribution is 2.16. The van der Waals surface area contributed by atoms with E-state index in [1.165, 1.54) is 0 Å². The highest BCUT2D eigenvalue weighted by Gasteiger charge is 2.16. The van der Waals surface area contributed by atoms with Crippen molar-refractivity contribution in [3.8, 4) is 5.75 Å². The van der Waals surface area contributed by atoms with E-state index in [2.05, 4.69) is 15.5 Å². The molecule has 0 saturated carbocycles. The molecule has 1 aromatic carbocycles. The summed E-state index contributed by atoms with van der Waals surface area (Å²) in [4.78, 5) is 12.0. The molecule has 1 fully saturated rings. The topological polar surface area (TPSA) is 76.2 Å². The molecule has 1 aliphatic rings. The highest BCUT2D eigenvalue weighted by atomic mass is 16.5. The lowest BCUT2D eigenvalue weighted by Gasteiger charge is -2.11. The SMILES string of the molecule is O=C(NCc1ccn[nH]1)c1ccc(OC[C@H]2CCCO2)cc1. The lowest BCUT2D eigenvalue weighted by Crippen LogP contribution is -2.23. The van der Waals surface area contributed by atoms with Crippen LogP contribution < -0.4 is 10.1 Å². The maximum Gasteiger partial charge on any atom is 0.251 e. The first-order valence-corrected chi connectivity index (χ1v) is 7.42.